The van der Waals surface area contributed by atoms with Crippen molar-refractivity contribution < 1.29 is 4.79 Å². The van der Waals surface area contributed by atoms with Crippen molar-refractivity contribution in [3.05, 3.63) is 57.0 Å². The molecule has 21 heavy (non-hydrogen) atoms. The van der Waals surface area contributed by atoms with Crippen LogP contribution >= 0.6 is 34.8 Å². The molecule has 2 aromatic carbocycles. The first-order valence-corrected chi connectivity index (χ1v) is 7.35. The highest BCUT2D eigenvalue weighted by molar-refractivity contribution is 6.39. The van der Waals surface area contributed by atoms with Crippen molar-refractivity contribution in [2.75, 3.05) is 17.2 Å². The van der Waals surface area contributed by atoms with Gasteiger partial charge in [-0.1, -0.05) is 46.9 Å². The largest absolute Gasteiger partial charge is 0.374 e. The lowest BCUT2D eigenvalue weighted by molar-refractivity contribution is -0.114. The van der Waals surface area contributed by atoms with Gasteiger partial charge in [-0.3, -0.25) is 4.79 Å². The molecule has 0 saturated carbocycles. The number of amides is 1. The number of hydrogen-bond donors (Lipinski definition) is 2. The first-order chi connectivity index (χ1) is 9.99. The molecular weight excluding hydrogens is 331 g/mol. The SMILES string of the molecule is Cc1c(Cl)cccc1NC(=O)CNc1c(Cl)cccc1Cl. The van der Waals surface area contributed by atoms with Gasteiger partial charge < -0.3 is 10.6 Å². The summed E-state index contributed by atoms with van der Waals surface area (Å²) in [5, 5.41) is 7.25. The molecule has 0 aliphatic rings. The van der Waals surface area contributed by atoms with Crippen LogP contribution in [0.1, 0.15) is 5.56 Å². The molecule has 0 fully saturated rings. The summed E-state index contributed by atoms with van der Waals surface area (Å²) in [6.45, 7) is 1.89. The third-order valence-electron chi connectivity index (χ3n) is 2.93. The average molecular weight is 344 g/mol. The standard InChI is InChI=1S/C15H13Cl3N2O/c1-9-10(16)4-3-7-13(9)20-14(21)8-19-15-11(17)5-2-6-12(15)18/h2-7,19H,8H2,1H3,(H,20,21). The van der Waals surface area contributed by atoms with Crippen molar-refractivity contribution in [3.8, 4) is 0 Å². The third-order valence-corrected chi connectivity index (χ3v) is 3.97. The number of rotatable bonds is 4. The number of nitrogens with one attached hydrogen (secondary N) is 2. The zero-order valence-electron chi connectivity index (χ0n) is 11.2. The molecule has 6 heteroatoms. The van der Waals surface area contributed by atoms with Gasteiger partial charge in [0.05, 0.1) is 22.3 Å². The van der Waals surface area contributed by atoms with E-state index < -0.39 is 0 Å². The van der Waals surface area contributed by atoms with Crippen LogP contribution in [-0.4, -0.2) is 12.5 Å². The van der Waals surface area contributed by atoms with Gasteiger partial charge in [-0.05, 0) is 36.8 Å². The van der Waals surface area contributed by atoms with Crippen molar-refractivity contribution in [2.24, 2.45) is 0 Å². The van der Waals surface area contributed by atoms with Gasteiger partial charge in [0.1, 0.15) is 0 Å². The summed E-state index contributed by atoms with van der Waals surface area (Å²) >= 11 is 18.1. The van der Waals surface area contributed by atoms with Gasteiger partial charge in [0.15, 0.2) is 0 Å². The van der Waals surface area contributed by atoms with Crippen LogP contribution in [0, 0.1) is 6.92 Å². The van der Waals surface area contributed by atoms with Crippen LogP contribution in [0.4, 0.5) is 11.4 Å². The highest BCUT2D eigenvalue weighted by Gasteiger charge is 2.09. The Hall–Kier alpha value is -1.42. The molecule has 0 aliphatic carbocycles. The molecule has 0 aliphatic heterocycles. The molecule has 0 radical (unpaired) electrons. The lowest BCUT2D eigenvalue weighted by Crippen LogP contribution is -2.22. The first kappa shape index (κ1) is 16.0. The van der Waals surface area contributed by atoms with Gasteiger partial charge in [-0.2, -0.15) is 0 Å². The minimum Gasteiger partial charge on any atom is -0.374 e. The minimum atomic E-state index is -0.212. The summed E-state index contributed by atoms with van der Waals surface area (Å²) in [4.78, 5) is 12.0. The maximum atomic E-state index is 12.0. The van der Waals surface area contributed by atoms with Crippen LogP contribution in [-0.2, 0) is 4.79 Å². The second-order valence-electron chi connectivity index (χ2n) is 4.41. The number of carbonyl (C=O) groups is 1. The zero-order valence-corrected chi connectivity index (χ0v) is 13.5. The molecule has 0 unspecified atom stereocenters. The Morgan fingerprint density at radius 3 is 2.24 bits per heavy atom. The smallest absolute Gasteiger partial charge is 0.243 e. The first-order valence-electron chi connectivity index (χ1n) is 6.22. The second kappa shape index (κ2) is 7.03. The zero-order chi connectivity index (χ0) is 15.4. The van der Waals surface area contributed by atoms with E-state index in [2.05, 4.69) is 10.6 Å². The summed E-state index contributed by atoms with van der Waals surface area (Å²) in [6, 6.07) is 10.5. The van der Waals surface area contributed by atoms with Crippen LogP contribution in [0.2, 0.25) is 15.1 Å². The topological polar surface area (TPSA) is 41.1 Å². The number of para-hydroxylation sites is 1. The molecule has 2 rings (SSSR count). The fourth-order valence-corrected chi connectivity index (χ4v) is 2.48. The lowest BCUT2D eigenvalue weighted by atomic mass is 10.2. The highest BCUT2D eigenvalue weighted by atomic mass is 35.5. The van der Waals surface area contributed by atoms with Crippen molar-refractivity contribution in [3.63, 3.8) is 0 Å². The van der Waals surface area contributed by atoms with Crippen LogP contribution in [0.15, 0.2) is 36.4 Å². The van der Waals surface area contributed by atoms with Crippen LogP contribution < -0.4 is 10.6 Å². The Kier molecular flexibility index (Phi) is 5.34. The molecule has 0 aromatic heterocycles. The van der Waals surface area contributed by atoms with Crippen molar-refractivity contribution in [1.82, 2.24) is 0 Å². The van der Waals surface area contributed by atoms with Gasteiger partial charge in [0, 0.05) is 10.7 Å². The quantitative estimate of drug-likeness (QED) is 0.819. The van der Waals surface area contributed by atoms with Gasteiger partial charge in [-0.25, -0.2) is 0 Å². The van der Waals surface area contributed by atoms with Gasteiger partial charge in [-0.15, -0.1) is 0 Å². The lowest BCUT2D eigenvalue weighted by Gasteiger charge is -2.12. The Labute approximate surface area is 138 Å². The van der Waals surface area contributed by atoms with Crippen molar-refractivity contribution in [2.45, 2.75) is 6.92 Å². The van der Waals surface area contributed by atoms with Crippen molar-refractivity contribution in [1.29, 1.82) is 0 Å². The Morgan fingerprint density at radius 2 is 1.57 bits per heavy atom. The van der Waals surface area contributed by atoms with Crippen LogP contribution in [0.5, 0.6) is 0 Å². The van der Waals surface area contributed by atoms with E-state index in [1.54, 1.807) is 36.4 Å². The molecule has 2 aromatic rings. The number of carbonyl (C=O) groups excluding carboxylic acids is 1. The summed E-state index contributed by atoms with van der Waals surface area (Å²) in [7, 11) is 0. The summed E-state index contributed by atoms with van der Waals surface area (Å²) < 4.78 is 0. The fourth-order valence-electron chi connectivity index (χ4n) is 1.77. The molecule has 0 atom stereocenters. The fraction of sp³-hybridized carbons (Fsp3) is 0.133. The molecule has 1 amide bonds. The number of anilines is 2. The average Bonchev–Trinajstić information content (AvgIpc) is 2.43. The normalized spacial score (nSPS) is 10.3. The molecular formula is C15H13Cl3N2O. The van der Waals surface area contributed by atoms with Gasteiger partial charge in [0.25, 0.3) is 0 Å². The third kappa shape index (κ3) is 4.03. The predicted octanol–water partition coefficient (Wildman–Crippen LogP) is 5.01. The van der Waals surface area contributed by atoms with E-state index in [1.807, 2.05) is 6.92 Å². The van der Waals surface area contributed by atoms with E-state index in [9.17, 15) is 4.79 Å². The predicted molar refractivity (Wildman–Crippen MR) is 89.8 cm³/mol. The molecule has 3 nitrogen and oxygen atoms in total. The number of hydrogen-bond acceptors (Lipinski definition) is 2. The summed E-state index contributed by atoms with van der Waals surface area (Å²) in [5.74, 6) is -0.212. The molecule has 2 N–H and O–H groups in total. The van der Waals surface area contributed by atoms with Crippen LogP contribution in [0.3, 0.4) is 0 Å². The Morgan fingerprint density at radius 1 is 1.00 bits per heavy atom. The van der Waals surface area contributed by atoms with E-state index in [0.717, 1.165) is 5.56 Å². The molecule has 0 saturated heterocycles. The number of benzene rings is 2. The highest BCUT2D eigenvalue weighted by Crippen LogP contribution is 2.29. The van der Waals surface area contributed by atoms with E-state index in [-0.39, 0.29) is 12.5 Å². The van der Waals surface area contributed by atoms with E-state index in [1.165, 1.54) is 0 Å². The van der Waals surface area contributed by atoms with Crippen molar-refractivity contribution >= 4 is 52.1 Å². The Bertz CT molecular complexity index is 654. The minimum absolute atomic E-state index is 0.0510. The summed E-state index contributed by atoms with van der Waals surface area (Å²) in [6.07, 6.45) is 0. The maximum absolute atomic E-state index is 12.0. The summed E-state index contributed by atoms with van der Waals surface area (Å²) in [5.41, 5.74) is 2.04. The molecule has 0 spiro atoms. The Balaban J connectivity index is 2.01. The molecule has 0 heterocycles. The second-order valence-corrected chi connectivity index (χ2v) is 5.63. The van der Waals surface area contributed by atoms with Gasteiger partial charge in [0.2, 0.25) is 5.91 Å². The van der Waals surface area contributed by atoms with E-state index in [0.29, 0.717) is 26.4 Å². The molecule has 0 bridgehead atoms. The molecule has 110 valence electrons. The van der Waals surface area contributed by atoms with Crippen LogP contribution in [0.25, 0.3) is 0 Å². The number of halogens is 3. The van der Waals surface area contributed by atoms with Gasteiger partial charge >= 0.3 is 0 Å². The van der Waals surface area contributed by atoms with E-state index >= 15 is 0 Å². The van der Waals surface area contributed by atoms with E-state index in [4.69, 9.17) is 34.8 Å². The monoisotopic (exact) mass is 342 g/mol. The maximum Gasteiger partial charge on any atom is 0.243 e.